The second-order valence-corrected chi connectivity index (χ2v) is 4.01. The Hall–Kier alpha value is -0.350. The van der Waals surface area contributed by atoms with Gasteiger partial charge in [0.1, 0.15) is 0 Å². The van der Waals surface area contributed by atoms with Crippen molar-refractivity contribution in [1.29, 1.82) is 0 Å². The number of hydrogen-bond donors (Lipinski definition) is 0. The van der Waals surface area contributed by atoms with Gasteiger partial charge in [-0.2, -0.15) is 0 Å². The third kappa shape index (κ3) is 2.81. The molecule has 68 valence electrons. The highest BCUT2D eigenvalue weighted by molar-refractivity contribution is 14.1. The normalized spacial score (nSPS) is 12.2. The van der Waals surface area contributed by atoms with Crippen LogP contribution < -0.4 is 0 Å². The summed E-state index contributed by atoms with van der Waals surface area (Å²) in [5.74, 6) is -0.00514. The van der Waals surface area contributed by atoms with Gasteiger partial charge in [-0.25, -0.2) is 0 Å². The lowest BCUT2D eigenvalue weighted by atomic mass is 10.2. The number of halogens is 2. The second-order valence-electron chi connectivity index (χ2n) is 2.55. The number of Topliss-reactive ketones (excluding diaryl/α,β-unsaturated/α-hetero) is 1. The first kappa shape index (κ1) is 10.7. The number of ketones is 1. The Balaban J connectivity index is 3.11. The van der Waals surface area contributed by atoms with Crippen LogP contribution in [0.4, 0.5) is 0 Å². The molecule has 0 saturated carbocycles. The molecule has 0 aliphatic heterocycles. The summed E-state index contributed by atoms with van der Waals surface area (Å²) in [6.45, 7) is 1.51. The van der Waals surface area contributed by atoms with E-state index in [4.69, 9.17) is 11.6 Å². The summed E-state index contributed by atoms with van der Waals surface area (Å²) in [4.78, 5) is 11.0. The van der Waals surface area contributed by atoms with Crippen molar-refractivity contribution in [3.8, 4) is 0 Å². The van der Waals surface area contributed by atoms with E-state index in [1.807, 2.05) is 52.9 Å². The zero-order valence-corrected chi connectivity index (χ0v) is 9.96. The van der Waals surface area contributed by atoms with Gasteiger partial charge in [0, 0.05) is 0 Å². The molecule has 1 rings (SSSR count). The maximum Gasteiger partial charge on any atom is 0.167 e. The second kappa shape index (κ2) is 4.77. The van der Waals surface area contributed by atoms with Gasteiger partial charge in [0.15, 0.2) is 5.78 Å². The predicted octanol–water partition coefficient (Wildman–Crippen LogP) is 3.62. The summed E-state index contributed by atoms with van der Waals surface area (Å²) in [6.07, 6.45) is 0. The van der Waals surface area contributed by atoms with Crippen LogP contribution in [0.2, 0.25) is 0 Å². The molecule has 0 bridgehead atoms. The summed E-state index contributed by atoms with van der Waals surface area (Å²) < 4.78 is 0.575. The van der Waals surface area contributed by atoms with Gasteiger partial charge < -0.3 is 0 Å². The summed E-state index contributed by atoms with van der Waals surface area (Å²) in [7, 11) is 0. The lowest BCUT2D eigenvalue weighted by Crippen LogP contribution is -1.90. The summed E-state index contributed by atoms with van der Waals surface area (Å²) in [5.41, 5.74) is 0.878. The first-order valence-electron chi connectivity index (χ1n) is 3.74. The average molecular weight is 307 g/mol. The van der Waals surface area contributed by atoms with Gasteiger partial charge in [0.05, 0.1) is 8.61 Å². The van der Waals surface area contributed by atoms with E-state index in [1.54, 1.807) is 0 Å². The number of carbonyl (C=O) groups excluding carboxylic acids is 1. The van der Waals surface area contributed by atoms with Gasteiger partial charge in [0.2, 0.25) is 0 Å². The SMILES string of the molecule is CC(=O)/C(I)=C(\Cl)c1ccccc1. The monoisotopic (exact) mass is 306 g/mol. The molecule has 0 aliphatic rings. The van der Waals surface area contributed by atoms with Gasteiger partial charge in [-0.1, -0.05) is 41.9 Å². The zero-order valence-electron chi connectivity index (χ0n) is 7.05. The first-order valence-corrected chi connectivity index (χ1v) is 5.20. The molecule has 1 nitrogen and oxygen atoms in total. The maximum absolute atomic E-state index is 11.0. The Bertz CT molecular complexity index is 343. The molecular weight excluding hydrogens is 298 g/mol. The van der Waals surface area contributed by atoms with E-state index in [0.717, 1.165) is 5.56 Å². The molecule has 0 fully saturated rings. The van der Waals surface area contributed by atoms with Crippen LogP contribution >= 0.6 is 34.2 Å². The molecule has 1 aromatic carbocycles. The van der Waals surface area contributed by atoms with E-state index >= 15 is 0 Å². The number of hydrogen-bond acceptors (Lipinski definition) is 1. The van der Waals surface area contributed by atoms with Crippen LogP contribution in [0, 0.1) is 0 Å². The fraction of sp³-hybridized carbons (Fsp3) is 0.100. The molecule has 0 aromatic heterocycles. The molecule has 0 saturated heterocycles. The molecule has 0 amide bonds. The number of rotatable bonds is 2. The fourth-order valence-corrected chi connectivity index (χ4v) is 1.44. The van der Waals surface area contributed by atoms with Crippen LogP contribution in [-0.4, -0.2) is 5.78 Å². The minimum absolute atomic E-state index is 0.00514. The Labute approximate surface area is 95.9 Å². The van der Waals surface area contributed by atoms with Crippen molar-refractivity contribution in [2.45, 2.75) is 6.92 Å². The van der Waals surface area contributed by atoms with Crippen LogP contribution in [0.1, 0.15) is 12.5 Å². The first-order chi connectivity index (χ1) is 6.13. The molecule has 0 spiro atoms. The van der Waals surface area contributed by atoms with Crippen molar-refractivity contribution in [3.63, 3.8) is 0 Å². The van der Waals surface area contributed by atoms with Gasteiger partial charge in [-0.3, -0.25) is 4.79 Å². The standard InChI is InChI=1S/C10H8ClIO/c1-7(13)10(12)9(11)8-5-3-2-4-6-8/h2-6H,1H3/b10-9+. The number of carbonyl (C=O) groups is 1. The summed E-state index contributed by atoms with van der Waals surface area (Å²) in [6, 6.07) is 9.45. The number of allylic oxidation sites excluding steroid dienone is 1. The van der Waals surface area contributed by atoms with Crippen LogP contribution in [-0.2, 0) is 4.79 Å². The van der Waals surface area contributed by atoms with E-state index in [9.17, 15) is 4.79 Å². The topological polar surface area (TPSA) is 17.1 Å². The lowest BCUT2D eigenvalue weighted by molar-refractivity contribution is -0.112. The van der Waals surface area contributed by atoms with Crippen LogP contribution in [0.25, 0.3) is 5.03 Å². The van der Waals surface area contributed by atoms with Crippen molar-refractivity contribution in [2.75, 3.05) is 0 Å². The van der Waals surface area contributed by atoms with Gasteiger partial charge >= 0.3 is 0 Å². The largest absolute Gasteiger partial charge is 0.294 e. The fourth-order valence-electron chi connectivity index (χ4n) is 0.866. The molecule has 0 N–H and O–H groups in total. The predicted molar refractivity (Wildman–Crippen MR) is 63.9 cm³/mol. The highest BCUT2D eigenvalue weighted by atomic mass is 127. The third-order valence-corrected chi connectivity index (χ3v) is 3.55. The van der Waals surface area contributed by atoms with Crippen molar-refractivity contribution in [1.82, 2.24) is 0 Å². The Morgan fingerprint density at radius 2 is 1.85 bits per heavy atom. The lowest BCUT2D eigenvalue weighted by Gasteiger charge is -2.00. The molecule has 0 radical (unpaired) electrons. The maximum atomic E-state index is 11.0. The van der Waals surface area contributed by atoms with Crippen molar-refractivity contribution in [3.05, 3.63) is 39.5 Å². The minimum Gasteiger partial charge on any atom is -0.294 e. The van der Waals surface area contributed by atoms with Crippen LogP contribution in [0.5, 0.6) is 0 Å². The summed E-state index contributed by atoms with van der Waals surface area (Å²) >= 11 is 7.96. The molecule has 1 aromatic rings. The van der Waals surface area contributed by atoms with E-state index in [0.29, 0.717) is 8.61 Å². The van der Waals surface area contributed by atoms with Gasteiger partial charge in [-0.05, 0) is 35.1 Å². The van der Waals surface area contributed by atoms with E-state index in [-0.39, 0.29) is 5.78 Å². The van der Waals surface area contributed by atoms with E-state index in [2.05, 4.69) is 0 Å². The highest BCUT2D eigenvalue weighted by Gasteiger charge is 2.07. The van der Waals surface area contributed by atoms with Gasteiger partial charge in [0.25, 0.3) is 0 Å². The quantitative estimate of drug-likeness (QED) is 0.602. The third-order valence-electron chi connectivity index (χ3n) is 1.53. The van der Waals surface area contributed by atoms with Crippen molar-refractivity contribution in [2.24, 2.45) is 0 Å². The molecular formula is C10H8ClIO. The van der Waals surface area contributed by atoms with E-state index in [1.165, 1.54) is 6.92 Å². The Kier molecular flexibility index (Phi) is 3.93. The number of benzene rings is 1. The zero-order chi connectivity index (χ0) is 9.84. The molecule has 0 aliphatic carbocycles. The smallest absolute Gasteiger partial charge is 0.167 e. The average Bonchev–Trinajstić information content (AvgIpc) is 2.17. The molecule has 0 unspecified atom stereocenters. The Morgan fingerprint density at radius 1 is 1.31 bits per heavy atom. The van der Waals surface area contributed by atoms with E-state index < -0.39 is 0 Å². The minimum atomic E-state index is -0.00514. The molecule has 0 heterocycles. The Morgan fingerprint density at radius 3 is 2.31 bits per heavy atom. The molecule has 3 heteroatoms. The molecule has 0 atom stereocenters. The highest BCUT2D eigenvalue weighted by Crippen LogP contribution is 2.27. The summed E-state index contributed by atoms with van der Waals surface area (Å²) in [5, 5.41) is 0.522. The van der Waals surface area contributed by atoms with Crippen LogP contribution in [0.15, 0.2) is 33.9 Å². The van der Waals surface area contributed by atoms with Crippen molar-refractivity contribution >= 4 is 45.0 Å². The van der Waals surface area contributed by atoms with Crippen molar-refractivity contribution < 1.29 is 4.79 Å². The van der Waals surface area contributed by atoms with Gasteiger partial charge in [-0.15, -0.1) is 0 Å². The molecule has 13 heavy (non-hydrogen) atoms. The van der Waals surface area contributed by atoms with Crippen LogP contribution in [0.3, 0.4) is 0 Å².